The van der Waals surface area contributed by atoms with Crippen LogP contribution in [-0.4, -0.2) is 23.0 Å². The molecular weight excluding hydrogens is 263 g/mol. The number of nitrogens with one attached hydrogen (secondary N) is 1. The number of rotatable bonds is 0. The Morgan fingerprint density at radius 3 is 2.89 bits per heavy atom. The molecule has 1 spiro atoms. The van der Waals surface area contributed by atoms with Gasteiger partial charge in [0.15, 0.2) is 5.54 Å². The van der Waals surface area contributed by atoms with Crippen LogP contribution in [0.1, 0.15) is 12.0 Å². The molecule has 3 amide bonds. The molecule has 0 unspecified atom stereocenters. The van der Waals surface area contributed by atoms with Gasteiger partial charge in [0.1, 0.15) is 11.6 Å². The topological polar surface area (TPSA) is 58.6 Å². The van der Waals surface area contributed by atoms with E-state index >= 15 is 0 Å². The van der Waals surface area contributed by atoms with Crippen LogP contribution in [0.5, 0.6) is 5.75 Å². The monoisotopic (exact) mass is 270 g/mol. The molecule has 0 aromatic heterocycles. The second-order valence-electron chi connectivity index (χ2n) is 4.16. The van der Waals surface area contributed by atoms with Gasteiger partial charge in [-0.15, -0.1) is 0 Å². The molecule has 1 fully saturated rings. The van der Waals surface area contributed by atoms with Crippen LogP contribution in [0.25, 0.3) is 0 Å². The number of carbonyl (C=O) groups is 2. The van der Waals surface area contributed by atoms with Crippen molar-refractivity contribution < 1.29 is 18.7 Å². The van der Waals surface area contributed by atoms with Crippen LogP contribution in [0.15, 0.2) is 18.2 Å². The lowest BCUT2D eigenvalue weighted by atomic mass is 9.84. The van der Waals surface area contributed by atoms with Gasteiger partial charge in [0.05, 0.1) is 6.61 Å². The number of imide groups is 1. The van der Waals surface area contributed by atoms with Crippen molar-refractivity contribution in [2.75, 3.05) is 6.61 Å². The van der Waals surface area contributed by atoms with Gasteiger partial charge >= 0.3 is 6.03 Å². The average Bonchev–Trinajstić information content (AvgIpc) is 2.56. The van der Waals surface area contributed by atoms with E-state index in [0.717, 1.165) is 0 Å². The van der Waals surface area contributed by atoms with Crippen LogP contribution in [0, 0.1) is 5.82 Å². The first kappa shape index (κ1) is 11.3. The normalized spacial score (nSPS) is 26.0. The average molecular weight is 271 g/mol. The fraction of sp³-hybridized carbons (Fsp3) is 0.273. The molecule has 1 aromatic rings. The number of ether oxygens (including phenoxy) is 1. The van der Waals surface area contributed by atoms with E-state index in [1.807, 2.05) is 0 Å². The van der Waals surface area contributed by atoms with Crippen LogP contribution in [0.3, 0.4) is 0 Å². The van der Waals surface area contributed by atoms with Gasteiger partial charge in [-0.1, -0.05) is 0 Å². The van der Waals surface area contributed by atoms with E-state index in [-0.39, 0.29) is 13.0 Å². The van der Waals surface area contributed by atoms with E-state index < -0.39 is 23.3 Å². The highest BCUT2D eigenvalue weighted by Gasteiger charge is 2.55. The summed E-state index contributed by atoms with van der Waals surface area (Å²) >= 11 is 5.58. The molecule has 0 radical (unpaired) electrons. The Balaban J connectivity index is 2.19. The summed E-state index contributed by atoms with van der Waals surface area (Å²) in [6.45, 7) is 0.245. The molecule has 1 atom stereocenters. The number of benzene rings is 1. The van der Waals surface area contributed by atoms with E-state index in [1.165, 1.54) is 18.2 Å². The SMILES string of the molecule is O=C1N[C@]2(CCOc3ccc(F)cc32)C(=O)N1Cl. The fourth-order valence-electron chi connectivity index (χ4n) is 2.31. The fourth-order valence-corrected chi connectivity index (χ4v) is 2.49. The molecular formula is C11H8ClFN2O3. The van der Waals surface area contributed by atoms with Gasteiger partial charge in [-0.05, 0) is 18.2 Å². The highest BCUT2D eigenvalue weighted by Crippen LogP contribution is 2.41. The van der Waals surface area contributed by atoms with E-state index in [2.05, 4.69) is 5.32 Å². The second-order valence-corrected chi connectivity index (χ2v) is 4.50. The number of amides is 3. The number of hydrogen-bond donors (Lipinski definition) is 1. The zero-order valence-electron chi connectivity index (χ0n) is 9.07. The number of carbonyl (C=O) groups excluding carboxylic acids is 2. The third-order valence-electron chi connectivity index (χ3n) is 3.18. The first-order valence-corrected chi connectivity index (χ1v) is 5.64. The number of halogens is 2. The first-order valence-electron chi connectivity index (χ1n) is 5.30. The predicted molar refractivity (Wildman–Crippen MR) is 59.4 cm³/mol. The lowest BCUT2D eigenvalue weighted by molar-refractivity contribution is -0.129. The number of fused-ring (bicyclic) bond motifs is 2. The lowest BCUT2D eigenvalue weighted by Gasteiger charge is -2.32. The molecule has 2 aliphatic heterocycles. The molecule has 0 aliphatic carbocycles. The van der Waals surface area contributed by atoms with Crippen molar-refractivity contribution in [3.63, 3.8) is 0 Å². The molecule has 3 rings (SSSR count). The molecule has 1 aromatic carbocycles. The Morgan fingerprint density at radius 1 is 1.44 bits per heavy atom. The van der Waals surface area contributed by atoms with Gasteiger partial charge in [-0.3, -0.25) is 4.79 Å². The quantitative estimate of drug-likeness (QED) is 0.574. The Labute approximate surface area is 107 Å². The van der Waals surface area contributed by atoms with Crippen molar-refractivity contribution in [3.05, 3.63) is 29.6 Å². The summed E-state index contributed by atoms with van der Waals surface area (Å²) in [4.78, 5) is 23.6. The zero-order chi connectivity index (χ0) is 12.9. The molecule has 18 heavy (non-hydrogen) atoms. The third kappa shape index (κ3) is 1.32. The molecule has 2 heterocycles. The first-order chi connectivity index (χ1) is 8.54. The minimum absolute atomic E-state index is 0.219. The van der Waals surface area contributed by atoms with Crippen molar-refractivity contribution >= 4 is 23.7 Å². The second kappa shape index (κ2) is 3.58. The van der Waals surface area contributed by atoms with Gasteiger partial charge in [-0.2, -0.15) is 4.42 Å². The van der Waals surface area contributed by atoms with Crippen LogP contribution in [0.4, 0.5) is 9.18 Å². The maximum atomic E-state index is 13.3. The van der Waals surface area contributed by atoms with Crippen LogP contribution in [-0.2, 0) is 10.3 Å². The van der Waals surface area contributed by atoms with Crippen molar-refractivity contribution in [3.8, 4) is 5.75 Å². The van der Waals surface area contributed by atoms with Crippen molar-refractivity contribution in [1.29, 1.82) is 0 Å². The van der Waals surface area contributed by atoms with Gasteiger partial charge in [-0.25, -0.2) is 9.18 Å². The van der Waals surface area contributed by atoms with E-state index in [9.17, 15) is 14.0 Å². The molecule has 5 nitrogen and oxygen atoms in total. The van der Waals surface area contributed by atoms with Gasteiger partial charge in [0.25, 0.3) is 5.91 Å². The van der Waals surface area contributed by atoms with E-state index in [1.54, 1.807) is 0 Å². The van der Waals surface area contributed by atoms with E-state index in [0.29, 0.717) is 15.7 Å². The smallest absolute Gasteiger partial charge is 0.340 e. The van der Waals surface area contributed by atoms with Crippen LogP contribution in [0.2, 0.25) is 0 Å². The van der Waals surface area contributed by atoms with Crippen molar-refractivity contribution in [2.24, 2.45) is 0 Å². The summed E-state index contributed by atoms with van der Waals surface area (Å²) in [5, 5.41) is 2.51. The highest BCUT2D eigenvalue weighted by atomic mass is 35.5. The summed E-state index contributed by atoms with van der Waals surface area (Å²) in [5.74, 6) is -0.735. The number of hydrogen-bond acceptors (Lipinski definition) is 3. The third-order valence-corrected chi connectivity index (χ3v) is 3.49. The Morgan fingerprint density at radius 2 is 2.22 bits per heavy atom. The zero-order valence-corrected chi connectivity index (χ0v) is 9.83. The predicted octanol–water partition coefficient (Wildman–Crippen LogP) is 1.51. The molecule has 1 saturated heterocycles. The summed E-state index contributed by atoms with van der Waals surface area (Å²) in [5.41, 5.74) is -1.01. The summed E-state index contributed by atoms with van der Waals surface area (Å²) in [7, 11) is 0. The molecule has 2 aliphatic rings. The highest BCUT2D eigenvalue weighted by molar-refractivity contribution is 6.33. The van der Waals surface area contributed by atoms with Crippen LogP contribution >= 0.6 is 11.8 Å². The molecule has 0 saturated carbocycles. The molecule has 0 bridgehead atoms. The van der Waals surface area contributed by atoms with Gasteiger partial charge in [0, 0.05) is 23.8 Å². The van der Waals surface area contributed by atoms with Crippen molar-refractivity contribution in [1.82, 2.24) is 9.74 Å². The number of nitrogens with zero attached hydrogens (tertiary/aromatic N) is 1. The molecule has 94 valence electrons. The van der Waals surface area contributed by atoms with Gasteiger partial charge < -0.3 is 10.1 Å². The Hall–Kier alpha value is -1.82. The number of urea groups is 1. The summed E-state index contributed by atoms with van der Waals surface area (Å²) < 4.78 is 19.2. The maximum absolute atomic E-state index is 13.3. The Kier molecular flexibility index (Phi) is 2.25. The molecule has 7 heteroatoms. The minimum Gasteiger partial charge on any atom is -0.493 e. The molecule has 1 N–H and O–H groups in total. The largest absolute Gasteiger partial charge is 0.493 e. The van der Waals surface area contributed by atoms with E-state index in [4.69, 9.17) is 16.5 Å². The standard InChI is InChI=1S/C11H8ClFN2O3/c12-15-9(16)11(14-10(15)17)3-4-18-8-2-1-6(13)5-7(8)11/h1-2,5H,3-4H2,(H,14,17)/t11-/m0/s1. The minimum atomic E-state index is -1.31. The van der Waals surface area contributed by atoms with Crippen molar-refractivity contribution in [2.45, 2.75) is 12.0 Å². The van der Waals surface area contributed by atoms with Gasteiger partial charge in [0.2, 0.25) is 0 Å². The Bertz CT molecular complexity index is 565. The van der Waals surface area contributed by atoms with Crippen LogP contribution < -0.4 is 10.1 Å². The summed E-state index contributed by atoms with van der Waals surface area (Å²) in [6.07, 6.45) is 0.219. The lowest BCUT2D eigenvalue weighted by Crippen LogP contribution is -2.47. The maximum Gasteiger partial charge on any atom is 0.340 e. The summed E-state index contributed by atoms with van der Waals surface area (Å²) in [6, 6.07) is 3.14.